The van der Waals surface area contributed by atoms with Crippen molar-refractivity contribution in [2.24, 2.45) is 0 Å². The number of amides is 1. The number of carbonyl (C=O) groups is 1. The summed E-state index contributed by atoms with van der Waals surface area (Å²) >= 11 is 0. The van der Waals surface area contributed by atoms with Crippen LogP contribution < -0.4 is 0 Å². The third-order valence-corrected chi connectivity index (χ3v) is 4.80. The number of aromatic nitrogens is 6. The third-order valence-electron chi connectivity index (χ3n) is 4.80. The van der Waals surface area contributed by atoms with E-state index in [0.717, 1.165) is 31.8 Å². The molecule has 3 aromatic heterocycles. The van der Waals surface area contributed by atoms with Crippen molar-refractivity contribution in [3.8, 4) is 0 Å². The van der Waals surface area contributed by atoms with Gasteiger partial charge in [0.25, 0.3) is 5.91 Å². The van der Waals surface area contributed by atoms with Crippen LogP contribution in [-0.4, -0.2) is 67.2 Å². The molecule has 0 aromatic carbocycles. The van der Waals surface area contributed by atoms with Gasteiger partial charge in [0.15, 0.2) is 5.65 Å². The molecule has 3 aromatic rings. The Morgan fingerprint density at radius 3 is 3.19 bits per heavy atom. The second-order valence-electron chi connectivity index (χ2n) is 6.46. The molecule has 0 bridgehead atoms. The summed E-state index contributed by atoms with van der Waals surface area (Å²) in [5.74, 6) is 1.27. The molecule has 1 aliphatic heterocycles. The maximum absolute atomic E-state index is 12.9. The molecule has 0 saturated carbocycles. The number of ether oxygens (including phenoxy) is 1. The zero-order chi connectivity index (χ0) is 17.9. The van der Waals surface area contributed by atoms with Gasteiger partial charge in [-0.25, -0.2) is 9.50 Å². The van der Waals surface area contributed by atoms with Gasteiger partial charge in [-0.15, -0.1) is 5.10 Å². The molecular formula is C17H21N7O2. The SMILES string of the molecule is COCCn1ccnc1C1CCCN(C(=O)c2ccn3nnnc3c2)C1. The van der Waals surface area contributed by atoms with E-state index in [1.165, 1.54) is 0 Å². The topological polar surface area (TPSA) is 90.4 Å². The molecule has 1 fully saturated rings. The first-order chi connectivity index (χ1) is 12.8. The molecule has 136 valence electrons. The number of tetrazole rings is 1. The normalized spacial score (nSPS) is 17.7. The van der Waals surface area contributed by atoms with Gasteiger partial charge in [0, 0.05) is 56.8 Å². The number of piperidine rings is 1. The van der Waals surface area contributed by atoms with E-state index in [-0.39, 0.29) is 11.8 Å². The number of fused-ring (bicyclic) bond motifs is 1. The molecule has 1 amide bonds. The Balaban J connectivity index is 1.51. The van der Waals surface area contributed by atoms with Crippen molar-refractivity contribution >= 4 is 11.6 Å². The summed E-state index contributed by atoms with van der Waals surface area (Å²) < 4.78 is 8.84. The van der Waals surface area contributed by atoms with Crippen molar-refractivity contribution in [1.29, 1.82) is 0 Å². The van der Waals surface area contributed by atoms with Crippen molar-refractivity contribution in [2.75, 3.05) is 26.8 Å². The standard InChI is InChI=1S/C17H21N7O2/c1-26-10-9-22-8-5-18-16(22)14-3-2-6-23(12-14)17(25)13-4-7-24-15(11-13)19-20-21-24/h4-5,7-8,11,14H,2-3,6,9-10,12H2,1H3. The summed E-state index contributed by atoms with van der Waals surface area (Å²) in [6.07, 6.45) is 7.49. The van der Waals surface area contributed by atoms with Crippen LogP contribution in [0, 0.1) is 0 Å². The Morgan fingerprint density at radius 1 is 1.38 bits per heavy atom. The van der Waals surface area contributed by atoms with Gasteiger partial charge in [0.05, 0.1) is 6.61 Å². The Morgan fingerprint density at radius 2 is 2.31 bits per heavy atom. The fourth-order valence-electron chi connectivity index (χ4n) is 3.49. The van der Waals surface area contributed by atoms with Crippen LogP contribution in [0.4, 0.5) is 0 Å². The second kappa shape index (κ2) is 7.20. The van der Waals surface area contributed by atoms with E-state index in [4.69, 9.17) is 4.74 Å². The van der Waals surface area contributed by atoms with Crippen molar-refractivity contribution < 1.29 is 9.53 Å². The van der Waals surface area contributed by atoms with E-state index in [0.29, 0.717) is 24.4 Å². The van der Waals surface area contributed by atoms with Crippen LogP contribution in [0.5, 0.6) is 0 Å². The van der Waals surface area contributed by atoms with Crippen LogP contribution in [0.15, 0.2) is 30.7 Å². The molecular weight excluding hydrogens is 334 g/mol. The number of rotatable bonds is 5. The molecule has 4 rings (SSSR count). The van der Waals surface area contributed by atoms with Crippen molar-refractivity contribution in [2.45, 2.75) is 25.3 Å². The maximum Gasteiger partial charge on any atom is 0.254 e. The molecule has 9 nitrogen and oxygen atoms in total. The average molecular weight is 355 g/mol. The summed E-state index contributed by atoms with van der Waals surface area (Å²) in [4.78, 5) is 19.4. The third kappa shape index (κ3) is 3.17. The van der Waals surface area contributed by atoms with Gasteiger partial charge in [-0.2, -0.15) is 0 Å². The molecule has 0 N–H and O–H groups in total. The van der Waals surface area contributed by atoms with E-state index < -0.39 is 0 Å². The van der Waals surface area contributed by atoms with Gasteiger partial charge >= 0.3 is 0 Å². The monoisotopic (exact) mass is 355 g/mol. The molecule has 1 unspecified atom stereocenters. The molecule has 1 aliphatic rings. The van der Waals surface area contributed by atoms with Crippen LogP contribution in [0.25, 0.3) is 5.65 Å². The molecule has 1 saturated heterocycles. The fourth-order valence-corrected chi connectivity index (χ4v) is 3.49. The quantitative estimate of drug-likeness (QED) is 0.678. The zero-order valence-corrected chi connectivity index (χ0v) is 14.7. The van der Waals surface area contributed by atoms with E-state index in [9.17, 15) is 4.79 Å². The Labute approximate surface area is 150 Å². The van der Waals surface area contributed by atoms with Crippen LogP contribution in [0.1, 0.15) is 34.9 Å². The minimum atomic E-state index is 0.00944. The summed E-state index contributed by atoms with van der Waals surface area (Å²) in [5, 5.41) is 11.3. The summed E-state index contributed by atoms with van der Waals surface area (Å²) in [5.41, 5.74) is 1.18. The predicted octanol–water partition coefficient (Wildman–Crippen LogP) is 0.987. The number of methoxy groups -OCH3 is 1. The molecule has 0 radical (unpaired) electrons. The lowest BCUT2D eigenvalue weighted by Crippen LogP contribution is -2.39. The van der Waals surface area contributed by atoms with Crippen LogP contribution >= 0.6 is 0 Å². The van der Waals surface area contributed by atoms with Crippen molar-refractivity contribution in [3.05, 3.63) is 42.1 Å². The number of pyridine rings is 1. The van der Waals surface area contributed by atoms with Crippen LogP contribution in [0.2, 0.25) is 0 Å². The first-order valence-corrected chi connectivity index (χ1v) is 8.73. The minimum Gasteiger partial charge on any atom is -0.383 e. The van der Waals surface area contributed by atoms with Gasteiger partial charge in [-0.3, -0.25) is 4.79 Å². The molecule has 0 aliphatic carbocycles. The lowest BCUT2D eigenvalue weighted by Gasteiger charge is -2.32. The maximum atomic E-state index is 12.9. The lowest BCUT2D eigenvalue weighted by atomic mass is 9.96. The van der Waals surface area contributed by atoms with Gasteiger partial charge in [-0.05, 0) is 35.4 Å². The first-order valence-electron chi connectivity index (χ1n) is 8.73. The molecule has 9 heteroatoms. The van der Waals surface area contributed by atoms with E-state index in [1.54, 1.807) is 30.0 Å². The lowest BCUT2D eigenvalue weighted by molar-refractivity contribution is 0.0702. The largest absolute Gasteiger partial charge is 0.383 e. The highest BCUT2D eigenvalue weighted by Gasteiger charge is 2.28. The number of likely N-dealkylation sites (tertiary alicyclic amines) is 1. The summed E-state index contributed by atoms with van der Waals surface area (Å²) in [7, 11) is 1.69. The van der Waals surface area contributed by atoms with E-state index in [1.807, 2.05) is 17.3 Å². The Hall–Kier alpha value is -2.81. The number of nitrogens with zero attached hydrogens (tertiary/aromatic N) is 7. The number of hydrogen-bond acceptors (Lipinski definition) is 6. The molecule has 1 atom stereocenters. The summed E-state index contributed by atoms with van der Waals surface area (Å²) in [6.45, 7) is 2.83. The molecule has 4 heterocycles. The number of carbonyl (C=O) groups excluding carboxylic acids is 1. The van der Waals surface area contributed by atoms with Crippen molar-refractivity contribution in [3.63, 3.8) is 0 Å². The first kappa shape index (κ1) is 16.6. The Bertz CT molecular complexity index is 903. The Kier molecular flexibility index (Phi) is 4.61. The van der Waals surface area contributed by atoms with Gasteiger partial charge in [0.2, 0.25) is 0 Å². The van der Waals surface area contributed by atoms with Crippen LogP contribution in [0.3, 0.4) is 0 Å². The smallest absolute Gasteiger partial charge is 0.254 e. The highest BCUT2D eigenvalue weighted by Crippen LogP contribution is 2.27. The van der Waals surface area contributed by atoms with E-state index >= 15 is 0 Å². The van der Waals surface area contributed by atoms with Gasteiger partial charge in [-0.1, -0.05) is 0 Å². The summed E-state index contributed by atoms with van der Waals surface area (Å²) in [6, 6.07) is 3.49. The highest BCUT2D eigenvalue weighted by atomic mass is 16.5. The average Bonchev–Trinajstić information content (AvgIpc) is 3.34. The number of imidazole rings is 1. The minimum absolute atomic E-state index is 0.00944. The van der Waals surface area contributed by atoms with Crippen molar-refractivity contribution in [1.82, 2.24) is 34.5 Å². The molecule has 0 spiro atoms. The van der Waals surface area contributed by atoms with Crippen LogP contribution in [-0.2, 0) is 11.3 Å². The molecule has 26 heavy (non-hydrogen) atoms. The fraction of sp³-hybridized carbons (Fsp3) is 0.471. The number of hydrogen-bond donors (Lipinski definition) is 0. The highest BCUT2D eigenvalue weighted by molar-refractivity contribution is 5.95. The van der Waals surface area contributed by atoms with Gasteiger partial charge < -0.3 is 14.2 Å². The van der Waals surface area contributed by atoms with E-state index in [2.05, 4.69) is 25.1 Å². The zero-order valence-electron chi connectivity index (χ0n) is 14.7. The second-order valence-corrected chi connectivity index (χ2v) is 6.46. The van der Waals surface area contributed by atoms with Gasteiger partial charge in [0.1, 0.15) is 5.82 Å². The predicted molar refractivity (Wildman–Crippen MR) is 92.8 cm³/mol.